The summed E-state index contributed by atoms with van der Waals surface area (Å²) in [6.07, 6.45) is 4.95. The average molecular weight is 229 g/mol. The van der Waals surface area contributed by atoms with Crippen LogP contribution in [0.15, 0.2) is 0 Å². The van der Waals surface area contributed by atoms with Crippen LogP contribution in [0.4, 0.5) is 0 Å². The van der Waals surface area contributed by atoms with E-state index in [1.807, 2.05) is 4.90 Å². The number of β-amino-alcohol motifs (C(OH)–C–C–N with tert-alkyl or cyclic N) is 1. The molecule has 2 saturated heterocycles. The number of amides is 1. The van der Waals surface area contributed by atoms with Gasteiger partial charge in [-0.25, -0.2) is 0 Å². The van der Waals surface area contributed by atoms with Crippen LogP contribution in [-0.2, 0) is 4.79 Å². The van der Waals surface area contributed by atoms with Crippen molar-refractivity contribution in [1.82, 2.24) is 4.90 Å². The minimum atomic E-state index is -0.295. The number of nitrogens with zero attached hydrogens (tertiary/aromatic N) is 1. The van der Waals surface area contributed by atoms with Crippen molar-refractivity contribution in [1.29, 1.82) is 0 Å². The first-order chi connectivity index (χ1) is 7.27. The molecule has 0 aromatic heterocycles. The van der Waals surface area contributed by atoms with Gasteiger partial charge in [-0.3, -0.25) is 4.79 Å². The quantitative estimate of drug-likeness (QED) is 0.736. The van der Waals surface area contributed by atoms with E-state index in [0.717, 1.165) is 31.6 Å². The minimum Gasteiger partial charge on any atom is -0.391 e. The third-order valence-electron chi connectivity index (χ3n) is 3.16. The lowest BCUT2D eigenvalue weighted by Gasteiger charge is -2.33. The molecule has 1 unspecified atom stereocenters. The highest BCUT2D eigenvalue weighted by Crippen LogP contribution is 2.27. The molecule has 86 valence electrons. The molecule has 0 aliphatic carbocycles. The van der Waals surface area contributed by atoms with Crippen molar-refractivity contribution in [2.24, 2.45) is 0 Å². The summed E-state index contributed by atoms with van der Waals surface area (Å²) in [4.78, 5) is 14.0. The molecule has 1 amide bonds. The van der Waals surface area contributed by atoms with Gasteiger partial charge in [-0.2, -0.15) is 0 Å². The molecular weight excluding hydrogens is 210 g/mol. The molecule has 0 aromatic carbocycles. The second kappa shape index (κ2) is 5.21. The van der Waals surface area contributed by atoms with Crippen LogP contribution in [-0.4, -0.2) is 46.1 Å². The molecule has 2 atom stereocenters. The van der Waals surface area contributed by atoms with E-state index in [-0.39, 0.29) is 17.3 Å². The lowest BCUT2D eigenvalue weighted by Crippen LogP contribution is -2.46. The van der Waals surface area contributed by atoms with Gasteiger partial charge in [-0.1, -0.05) is 6.42 Å². The number of carbonyl (C=O) groups is 1. The van der Waals surface area contributed by atoms with Crippen molar-refractivity contribution in [2.45, 2.75) is 43.5 Å². The summed E-state index contributed by atoms with van der Waals surface area (Å²) in [6, 6.07) is 0. The Labute approximate surface area is 95.2 Å². The molecule has 2 rings (SSSR count). The Hall–Kier alpha value is -0.220. The van der Waals surface area contributed by atoms with Crippen LogP contribution in [0.2, 0.25) is 0 Å². The van der Waals surface area contributed by atoms with Gasteiger partial charge in [0.05, 0.1) is 11.4 Å². The van der Waals surface area contributed by atoms with Crippen molar-refractivity contribution in [2.75, 3.05) is 18.8 Å². The van der Waals surface area contributed by atoms with E-state index in [0.29, 0.717) is 6.54 Å². The molecule has 15 heavy (non-hydrogen) atoms. The van der Waals surface area contributed by atoms with Crippen molar-refractivity contribution >= 4 is 17.7 Å². The monoisotopic (exact) mass is 229 g/mol. The topological polar surface area (TPSA) is 40.5 Å². The van der Waals surface area contributed by atoms with Crippen LogP contribution >= 0.6 is 11.8 Å². The number of aliphatic hydroxyl groups excluding tert-OH is 1. The number of hydrogen-bond donors (Lipinski definition) is 1. The highest BCUT2D eigenvalue weighted by Gasteiger charge is 2.29. The highest BCUT2D eigenvalue weighted by atomic mass is 32.2. The van der Waals surface area contributed by atoms with E-state index in [1.54, 1.807) is 11.8 Å². The van der Waals surface area contributed by atoms with E-state index in [2.05, 4.69) is 0 Å². The Kier molecular flexibility index (Phi) is 3.92. The van der Waals surface area contributed by atoms with Crippen LogP contribution in [0.5, 0.6) is 0 Å². The van der Waals surface area contributed by atoms with Crippen LogP contribution < -0.4 is 0 Å². The Morgan fingerprint density at radius 2 is 2.13 bits per heavy atom. The zero-order valence-corrected chi connectivity index (χ0v) is 9.84. The maximum atomic E-state index is 12.1. The molecule has 2 heterocycles. The standard InChI is InChI=1S/C11H19NO2S/c13-9-4-3-6-12(8-9)11(14)10-5-1-2-7-15-10/h9-10,13H,1-8H2/t9-,10?/m0/s1. The largest absolute Gasteiger partial charge is 0.391 e. The zero-order valence-electron chi connectivity index (χ0n) is 9.02. The first kappa shape index (κ1) is 11.3. The summed E-state index contributed by atoms with van der Waals surface area (Å²) >= 11 is 1.79. The maximum absolute atomic E-state index is 12.1. The van der Waals surface area contributed by atoms with Gasteiger partial charge in [0.25, 0.3) is 0 Å². The van der Waals surface area contributed by atoms with Crippen molar-refractivity contribution in [3.8, 4) is 0 Å². The Bertz CT molecular complexity index is 229. The van der Waals surface area contributed by atoms with Gasteiger partial charge < -0.3 is 10.0 Å². The Balaban J connectivity index is 1.88. The molecule has 2 aliphatic heterocycles. The van der Waals surface area contributed by atoms with Gasteiger partial charge in [-0.15, -0.1) is 11.8 Å². The van der Waals surface area contributed by atoms with Gasteiger partial charge in [-0.05, 0) is 31.4 Å². The van der Waals surface area contributed by atoms with E-state index >= 15 is 0 Å². The number of rotatable bonds is 1. The van der Waals surface area contributed by atoms with Gasteiger partial charge in [0.2, 0.25) is 5.91 Å². The molecule has 0 saturated carbocycles. The zero-order chi connectivity index (χ0) is 10.7. The molecule has 2 fully saturated rings. The minimum absolute atomic E-state index is 0.170. The highest BCUT2D eigenvalue weighted by molar-refractivity contribution is 8.00. The summed E-state index contributed by atoms with van der Waals surface area (Å²) in [6.45, 7) is 1.39. The Morgan fingerprint density at radius 1 is 1.27 bits per heavy atom. The van der Waals surface area contributed by atoms with Crippen LogP contribution in [0, 0.1) is 0 Å². The summed E-state index contributed by atoms with van der Waals surface area (Å²) in [7, 11) is 0. The summed E-state index contributed by atoms with van der Waals surface area (Å²) < 4.78 is 0. The second-order valence-corrected chi connectivity index (χ2v) is 5.75. The molecule has 2 aliphatic rings. The Morgan fingerprint density at radius 3 is 2.80 bits per heavy atom. The number of thioether (sulfide) groups is 1. The van der Waals surface area contributed by atoms with Crippen molar-refractivity contribution in [3.05, 3.63) is 0 Å². The number of carbonyl (C=O) groups excluding carboxylic acids is 1. The number of hydrogen-bond acceptors (Lipinski definition) is 3. The smallest absolute Gasteiger partial charge is 0.235 e. The lowest BCUT2D eigenvalue weighted by atomic mass is 10.1. The molecule has 0 bridgehead atoms. The SMILES string of the molecule is O=C(C1CCCCS1)N1CCC[C@H](O)C1. The molecule has 1 N–H and O–H groups in total. The molecule has 0 spiro atoms. The third kappa shape index (κ3) is 2.88. The molecule has 0 radical (unpaired) electrons. The van der Waals surface area contributed by atoms with E-state index < -0.39 is 0 Å². The van der Waals surface area contributed by atoms with E-state index in [1.165, 1.54) is 12.8 Å². The summed E-state index contributed by atoms with van der Waals surface area (Å²) in [5, 5.41) is 9.70. The van der Waals surface area contributed by atoms with E-state index in [4.69, 9.17) is 0 Å². The first-order valence-electron chi connectivity index (χ1n) is 5.86. The fraction of sp³-hybridized carbons (Fsp3) is 0.909. The number of piperidine rings is 1. The molecular formula is C11H19NO2S. The van der Waals surface area contributed by atoms with Gasteiger partial charge in [0, 0.05) is 13.1 Å². The third-order valence-corrected chi connectivity index (χ3v) is 4.53. The maximum Gasteiger partial charge on any atom is 0.235 e. The summed E-state index contributed by atoms with van der Waals surface area (Å²) in [5.41, 5.74) is 0. The first-order valence-corrected chi connectivity index (χ1v) is 6.90. The van der Waals surface area contributed by atoms with Crippen LogP contribution in [0.3, 0.4) is 0 Å². The van der Waals surface area contributed by atoms with Gasteiger partial charge >= 0.3 is 0 Å². The van der Waals surface area contributed by atoms with Crippen molar-refractivity contribution < 1.29 is 9.90 Å². The second-order valence-electron chi connectivity index (χ2n) is 4.44. The summed E-state index contributed by atoms with van der Waals surface area (Å²) in [5.74, 6) is 1.38. The van der Waals surface area contributed by atoms with E-state index in [9.17, 15) is 9.90 Å². The van der Waals surface area contributed by atoms with Crippen LogP contribution in [0.1, 0.15) is 32.1 Å². The molecule has 3 nitrogen and oxygen atoms in total. The fourth-order valence-corrected chi connectivity index (χ4v) is 3.57. The number of aliphatic hydroxyl groups is 1. The van der Waals surface area contributed by atoms with Gasteiger partial charge in [0.1, 0.15) is 0 Å². The number of likely N-dealkylation sites (tertiary alicyclic amines) is 1. The average Bonchev–Trinajstić information content (AvgIpc) is 2.29. The molecule has 4 heteroatoms. The normalized spacial score (nSPS) is 32.7. The van der Waals surface area contributed by atoms with Crippen LogP contribution in [0.25, 0.3) is 0 Å². The predicted octanol–water partition coefficient (Wildman–Crippen LogP) is 1.26. The fourth-order valence-electron chi connectivity index (χ4n) is 2.29. The van der Waals surface area contributed by atoms with Crippen molar-refractivity contribution in [3.63, 3.8) is 0 Å². The van der Waals surface area contributed by atoms with Gasteiger partial charge in [0.15, 0.2) is 0 Å². The predicted molar refractivity (Wildman–Crippen MR) is 61.9 cm³/mol. The molecule has 0 aromatic rings. The lowest BCUT2D eigenvalue weighted by molar-refractivity contribution is -0.133.